The number of rotatable bonds is 3. The zero-order valence-electron chi connectivity index (χ0n) is 12.8. The van der Waals surface area contributed by atoms with E-state index >= 15 is 0 Å². The molecule has 2 nitrogen and oxygen atoms in total. The van der Waals surface area contributed by atoms with Crippen LogP contribution in [0.3, 0.4) is 0 Å². The van der Waals surface area contributed by atoms with Gasteiger partial charge in [0.15, 0.2) is 0 Å². The predicted molar refractivity (Wildman–Crippen MR) is 90.8 cm³/mol. The van der Waals surface area contributed by atoms with Gasteiger partial charge >= 0.3 is 0 Å². The molecular formula is C19H20N2. The summed E-state index contributed by atoms with van der Waals surface area (Å²) in [5.74, 6) is 0. The molecule has 0 aliphatic rings. The molecule has 0 atom stereocenters. The van der Waals surface area contributed by atoms with Crippen molar-refractivity contribution >= 4 is 16.6 Å². The number of aryl methyl sites for hydroxylation is 1. The van der Waals surface area contributed by atoms with Crippen molar-refractivity contribution in [2.24, 2.45) is 0 Å². The highest BCUT2D eigenvalue weighted by molar-refractivity contribution is 5.96. The van der Waals surface area contributed by atoms with Crippen LogP contribution in [0.15, 0.2) is 48.5 Å². The van der Waals surface area contributed by atoms with Gasteiger partial charge in [0.2, 0.25) is 0 Å². The van der Waals surface area contributed by atoms with Gasteiger partial charge in [0, 0.05) is 23.3 Å². The lowest BCUT2D eigenvalue weighted by molar-refractivity contribution is 1.16. The molecule has 0 spiro atoms. The fourth-order valence-corrected chi connectivity index (χ4v) is 2.70. The summed E-state index contributed by atoms with van der Waals surface area (Å²) in [6.07, 6.45) is 0. The third kappa shape index (κ3) is 2.49. The van der Waals surface area contributed by atoms with Crippen molar-refractivity contribution in [1.82, 2.24) is 4.98 Å². The topological polar surface area (TPSA) is 24.9 Å². The van der Waals surface area contributed by atoms with Gasteiger partial charge in [-0.1, -0.05) is 36.4 Å². The third-order valence-corrected chi connectivity index (χ3v) is 3.93. The number of pyridine rings is 1. The largest absolute Gasteiger partial charge is 0.385 e. The lowest BCUT2D eigenvalue weighted by Crippen LogP contribution is -2.03. The fraction of sp³-hybridized carbons (Fsp3) is 0.211. The smallest absolute Gasteiger partial charge is 0.0726 e. The SMILES string of the molecule is CCNc1c(C)c(C)nc2ccc(-c3ccccc3)cc12. The number of nitrogens with one attached hydrogen (secondary N) is 1. The van der Waals surface area contributed by atoms with Gasteiger partial charge in [-0.05, 0) is 49.6 Å². The molecule has 0 aliphatic carbocycles. The molecule has 0 aliphatic heterocycles. The summed E-state index contributed by atoms with van der Waals surface area (Å²) in [5.41, 5.74) is 7.04. The lowest BCUT2D eigenvalue weighted by atomic mass is 10.0. The second kappa shape index (κ2) is 5.57. The number of hydrogen-bond acceptors (Lipinski definition) is 2. The molecule has 0 amide bonds. The maximum absolute atomic E-state index is 4.71. The van der Waals surface area contributed by atoms with Crippen molar-refractivity contribution in [3.05, 3.63) is 59.8 Å². The molecular weight excluding hydrogens is 256 g/mol. The van der Waals surface area contributed by atoms with Crippen LogP contribution < -0.4 is 5.32 Å². The average molecular weight is 276 g/mol. The van der Waals surface area contributed by atoms with Crippen LogP contribution in [0.2, 0.25) is 0 Å². The second-order valence-corrected chi connectivity index (χ2v) is 5.33. The summed E-state index contributed by atoms with van der Waals surface area (Å²) in [5, 5.41) is 4.69. The summed E-state index contributed by atoms with van der Waals surface area (Å²) in [6, 6.07) is 17.0. The van der Waals surface area contributed by atoms with Crippen molar-refractivity contribution in [2.75, 3.05) is 11.9 Å². The molecule has 106 valence electrons. The molecule has 3 aromatic rings. The van der Waals surface area contributed by atoms with Gasteiger partial charge < -0.3 is 5.32 Å². The number of anilines is 1. The van der Waals surface area contributed by atoms with Crippen molar-refractivity contribution in [3.8, 4) is 11.1 Å². The van der Waals surface area contributed by atoms with E-state index in [1.54, 1.807) is 0 Å². The van der Waals surface area contributed by atoms with Crippen LogP contribution in [0.5, 0.6) is 0 Å². The van der Waals surface area contributed by atoms with E-state index in [0.29, 0.717) is 0 Å². The molecule has 2 heteroatoms. The normalized spacial score (nSPS) is 10.8. The highest BCUT2D eigenvalue weighted by Crippen LogP contribution is 2.31. The average Bonchev–Trinajstić information content (AvgIpc) is 2.52. The quantitative estimate of drug-likeness (QED) is 0.732. The fourth-order valence-electron chi connectivity index (χ4n) is 2.70. The van der Waals surface area contributed by atoms with E-state index in [9.17, 15) is 0 Å². The number of nitrogens with zero attached hydrogens (tertiary/aromatic N) is 1. The minimum absolute atomic E-state index is 0.912. The predicted octanol–water partition coefficient (Wildman–Crippen LogP) is 4.95. The number of hydrogen-bond donors (Lipinski definition) is 1. The van der Waals surface area contributed by atoms with Gasteiger partial charge in [0.1, 0.15) is 0 Å². The number of fused-ring (bicyclic) bond motifs is 1. The van der Waals surface area contributed by atoms with E-state index in [4.69, 9.17) is 4.98 Å². The first-order valence-electron chi connectivity index (χ1n) is 7.41. The van der Waals surface area contributed by atoms with Crippen LogP contribution >= 0.6 is 0 Å². The van der Waals surface area contributed by atoms with Gasteiger partial charge in [-0.3, -0.25) is 4.98 Å². The van der Waals surface area contributed by atoms with Gasteiger partial charge in [0.05, 0.1) is 5.52 Å². The first-order chi connectivity index (χ1) is 10.2. The Hall–Kier alpha value is -2.35. The Labute approximate surface area is 125 Å². The summed E-state index contributed by atoms with van der Waals surface area (Å²) >= 11 is 0. The third-order valence-electron chi connectivity index (χ3n) is 3.93. The monoisotopic (exact) mass is 276 g/mol. The van der Waals surface area contributed by atoms with Gasteiger partial charge in [-0.15, -0.1) is 0 Å². The Morgan fingerprint density at radius 3 is 2.43 bits per heavy atom. The zero-order valence-corrected chi connectivity index (χ0v) is 12.8. The first-order valence-corrected chi connectivity index (χ1v) is 7.41. The molecule has 0 bridgehead atoms. The minimum Gasteiger partial charge on any atom is -0.385 e. The first kappa shape index (κ1) is 13.6. The van der Waals surface area contributed by atoms with Crippen molar-refractivity contribution in [3.63, 3.8) is 0 Å². The zero-order chi connectivity index (χ0) is 14.8. The van der Waals surface area contributed by atoms with E-state index in [0.717, 1.165) is 17.8 Å². The van der Waals surface area contributed by atoms with E-state index in [1.165, 1.54) is 27.8 Å². The Morgan fingerprint density at radius 2 is 1.71 bits per heavy atom. The molecule has 0 radical (unpaired) electrons. The van der Waals surface area contributed by atoms with Crippen LogP contribution in [-0.4, -0.2) is 11.5 Å². The Balaban J connectivity index is 2.25. The highest BCUT2D eigenvalue weighted by Gasteiger charge is 2.10. The van der Waals surface area contributed by atoms with Gasteiger partial charge in [0.25, 0.3) is 0 Å². The maximum Gasteiger partial charge on any atom is 0.0726 e. The number of aromatic nitrogens is 1. The summed E-state index contributed by atoms with van der Waals surface area (Å²) in [7, 11) is 0. The Morgan fingerprint density at radius 1 is 0.952 bits per heavy atom. The molecule has 0 unspecified atom stereocenters. The van der Waals surface area contributed by atoms with E-state index < -0.39 is 0 Å². The maximum atomic E-state index is 4.71. The molecule has 1 heterocycles. The molecule has 3 rings (SSSR count). The van der Waals surface area contributed by atoms with Crippen LogP contribution in [0, 0.1) is 13.8 Å². The van der Waals surface area contributed by atoms with Crippen LogP contribution in [0.25, 0.3) is 22.0 Å². The van der Waals surface area contributed by atoms with E-state index in [-0.39, 0.29) is 0 Å². The van der Waals surface area contributed by atoms with Crippen LogP contribution in [0.4, 0.5) is 5.69 Å². The summed E-state index contributed by atoms with van der Waals surface area (Å²) in [4.78, 5) is 4.71. The van der Waals surface area contributed by atoms with Crippen LogP contribution in [0.1, 0.15) is 18.2 Å². The summed E-state index contributed by atoms with van der Waals surface area (Å²) in [6.45, 7) is 7.24. The minimum atomic E-state index is 0.912. The summed E-state index contributed by atoms with van der Waals surface area (Å²) < 4.78 is 0. The molecule has 2 aromatic carbocycles. The Bertz CT molecular complexity index is 776. The van der Waals surface area contributed by atoms with Crippen molar-refractivity contribution in [2.45, 2.75) is 20.8 Å². The molecule has 0 saturated carbocycles. The molecule has 1 N–H and O–H groups in total. The van der Waals surface area contributed by atoms with Crippen molar-refractivity contribution in [1.29, 1.82) is 0 Å². The van der Waals surface area contributed by atoms with Crippen LogP contribution in [-0.2, 0) is 0 Å². The van der Waals surface area contributed by atoms with Gasteiger partial charge in [-0.25, -0.2) is 0 Å². The molecule has 0 fully saturated rings. The number of benzene rings is 2. The second-order valence-electron chi connectivity index (χ2n) is 5.33. The lowest BCUT2D eigenvalue weighted by Gasteiger charge is -2.14. The van der Waals surface area contributed by atoms with E-state index in [2.05, 4.69) is 68.6 Å². The molecule has 0 saturated heterocycles. The van der Waals surface area contributed by atoms with E-state index in [1.807, 2.05) is 6.07 Å². The molecule has 21 heavy (non-hydrogen) atoms. The van der Waals surface area contributed by atoms with Crippen molar-refractivity contribution < 1.29 is 0 Å². The standard InChI is InChI=1S/C19H20N2/c1-4-20-19-13(2)14(3)21-18-11-10-16(12-17(18)19)15-8-6-5-7-9-15/h5-12H,4H2,1-3H3,(H,20,21). The molecule has 1 aromatic heterocycles. The highest BCUT2D eigenvalue weighted by atomic mass is 14.9. The Kier molecular flexibility index (Phi) is 3.61. The van der Waals surface area contributed by atoms with Gasteiger partial charge in [-0.2, -0.15) is 0 Å².